The number of carboxylic acid groups (broad SMARTS) is 1. The van der Waals surface area contributed by atoms with Gasteiger partial charge >= 0.3 is 5.97 Å². The number of rotatable bonds is 8. The molecule has 0 unspecified atom stereocenters. The second-order valence-corrected chi connectivity index (χ2v) is 7.72. The molecule has 0 amide bonds. The smallest absolute Gasteiger partial charge is 0.341 e. The fourth-order valence-corrected chi connectivity index (χ4v) is 3.92. The van der Waals surface area contributed by atoms with Crippen molar-refractivity contribution in [3.05, 3.63) is 78.4 Å². The summed E-state index contributed by atoms with van der Waals surface area (Å²) in [4.78, 5) is 10.8. The van der Waals surface area contributed by atoms with Crippen molar-refractivity contribution >= 4 is 32.8 Å². The van der Waals surface area contributed by atoms with Crippen molar-refractivity contribution in [3.63, 3.8) is 0 Å². The zero-order valence-corrected chi connectivity index (χ0v) is 15.7. The molecule has 0 heterocycles. The summed E-state index contributed by atoms with van der Waals surface area (Å²) in [6.45, 7) is -0.302. The van der Waals surface area contributed by atoms with Crippen molar-refractivity contribution in [3.8, 4) is 5.75 Å². The molecule has 7 heteroatoms. The fraction of sp³-hybridized carbons (Fsp3) is 0.0952. The lowest BCUT2D eigenvalue weighted by atomic mass is 10.1. The number of hydrogen-bond donors (Lipinski definition) is 2. The van der Waals surface area contributed by atoms with Gasteiger partial charge in [0.25, 0.3) is 0 Å². The van der Waals surface area contributed by atoms with E-state index in [9.17, 15) is 13.2 Å². The third-order valence-corrected chi connectivity index (χ3v) is 5.44. The van der Waals surface area contributed by atoms with E-state index in [1.165, 1.54) is 0 Å². The zero-order chi connectivity index (χ0) is 20.0. The number of aliphatic carboxylic acids is 1. The molecule has 3 aromatic rings. The number of carboxylic acids is 1. The molecule has 6 nitrogen and oxygen atoms in total. The van der Waals surface area contributed by atoms with Gasteiger partial charge in [-0.1, -0.05) is 60.7 Å². The Kier molecular flexibility index (Phi) is 6.08. The van der Waals surface area contributed by atoms with E-state index < -0.39 is 22.6 Å². The van der Waals surface area contributed by atoms with Gasteiger partial charge in [-0.15, -0.1) is 0 Å². The van der Waals surface area contributed by atoms with Gasteiger partial charge < -0.3 is 9.84 Å². The molecule has 3 aromatic carbocycles. The van der Waals surface area contributed by atoms with Crippen LogP contribution in [0.25, 0.3) is 16.8 Å². The second kappa shape index (κ2) is 8.69. The molecule has 0 aliphatic rings. The minimum Gasteiger partial charge on any atom is -0.482 e. The second-order valence-electron chi connectivity index (χ2n) is 5.99. The van der Waals surface area contributed by atoms with Crippen molar-refractivity contribution in [2.45, 2.75) is 4.90 Å². The number of ether oxygens (including phenoxy) is 1. The summed E-state index contributed by atoms with van der Waals surface area (Å²) >= 11 is 0. The summed E-state index contributed by atoms with van der Waals surface area (Å²) in [5.41, 5.74) is 0.771. The lowest BCUT2D eigenvalue weighted by Crippen LogP contribution is -2.23. The topological polar surface area (TPSA) is 92.7 Å². The normalized spacial score (nSPS) is 11.7. The van der Waals surface area contributed by atoms with Crippen LogP contribution >= 0.6 is 0 Å². The van der Waals surface area contributed by atoms with Crippen molar-refractivity contribution in [2.75, 3.05) is 13.2 Å². The van der Waals surface area contributed by atoms with Crippen LogP contribution in [0.3, 0.4) is 0 Å². The summed E-state index contributed by atoms with van der Waals surface area (Å²) in [5, 5.41) is 10.2. The van der Waals surface area contributed by atoms with Crippen LogP contribution < -0.4 is 9.46 Å². The highest BCUT2D eigenvalue weighted by atomic mass is 32.2. The van der Waals surface area contributed by atoms with Crippen LogP contribution in [0.4, 0.5) is 0 Å². The van der Waals surface area contributed by atoms with Gasteiger partial charge in [-0.05, 0) is 29.1 Å². The van der Waals surface area contributed by atoms with Gasteiger partial charge in [0, 0.05) is 11.9 Å². The lowest BCUT2D eigenvalue weighted by Gasteiger charge is -2.08. The lowest BCUT2D eigenvalue weighted by molar-refractivity contribution is -0.139. The predicted octanol–water partition coefficient (Wildman–Crippen LogP) is 3.29. The highest BCUT2D eigenvalue weighted by Gasteiger charge is 2.15. The largest absolute Gasteiger partial charge is 0.482 e. The molecule has 2 N–H and O–H groups in total. The van der Waals surface area contributed by atoms with E-state index in [2.05, 4.69) is 4.72 Å². The summed E-state index contributed by atoms with van der Waals surface area (Å²) in [6, 6.07) is 19.4. The Hall–Kier alpha value is -3.16. The third-order valence-electron chi connectivity index (χ3n) is 3.96. The van der Waals surface area contributed by atoms with Crippen molar-refractivity contribution in [2.24, 2.45) is 0 Å². The minimum absolute atomic E-state index is 0.117. The maximum atomic E-state index is 12.6. The van der Waals surface area contributed by atoms with Gasteiger partial charge in [0.15, 0.2) is 6.61 Å². The Morgan fingerprint density at radius 2 is 1.79 bits per heavy atom. The standard InChI is InChI=1S/C21H19NO5S/c23-21(24)15-27-18-10-3-6-16(14-18)7-5-13-22-28(25,26)20-12-4-9-17-8-1-2-11-19(17)20/h1-12,14,22H,13,15H2,(H,23,24)/b7-5+. The number of benzene rings is 3. The van der Waals surface area contributed by atoms with Gasteiger partial charge in [0.1, 0.15) is 5.75 Å². The van der Waals surface area contributed by atoms with E-state index in [-0.39, 0.29) is 11.4 Å². The summed E-state index contributed by atoms with van der Waals surface area (Å²) in [5.74, 6) is -0.621. The number of hydrogen-bond acceptors (Lipinski definition) is 4. The van der Waals surface area contributed by atoms with E-state index in [1.54, 1.807) is 54.6 Å². The van der Waals surface area contributed by atoms with Crippen LogP contribution in [0.2, 0.25) is 0 Å². The number of sulfonamides is 1. The van der Waals surface area contributed by atoms with Gasteiger partial charge in [0.05, 0.1) is 4.90 Å². The van der Waals surface area contributed by atoms with E-state index in [0.29, 0.717) is 11.1 Å². The molecule has 28 heavy (non-hydrogen) atoms. The maximum absolute atomic E-state index is 12.6. The van der Waals surface area contributed by atoms with Crippen LogP contribution in [0.1, 0.15) is 5.56 Å². The van der Waals surface area contributed by atoms with E-state index in [4.69, 9.17) is 9.84 Å². The zero-order valence-electron chi connectivity index (χ0n) is 14.9. The molecule has 0 aliphatic heterocycles. The molecule has 3 rings (SSSR count). The average Bonchev–Trinajstić information content (AvgIpc) is 2.69. The summed E-state index contributed by atoms with van der Waals surface area (Å²) < 4.78 is 33.0. The van der Waals surface area contributed by atoms with Crippen LogP contribution in [0.5, 0.6) is 5.75 Å². The van der Waals surface area contributed by atoms with E-state index in [1.807, 2.05) is 24.3 Å². The molecular weight excluding hydrogens is 378 g/mol. The third kappa shape index (κ3) is 4.97. The predicted molar refractivity (Wildman–Crippen MR) is 108 cm³/mol. The van der Waals surface area contributed by atoms with E-state index in [0.717, 1.165) is 10.9 Å². The van der Waals surface area contributed by atoms with Crippen molar-refractivity contribution < 1.29 is 23.1 Å². The molecule has 0 aromatic heterocycles. The molecule has 0 bridgehead atoms. The van der Waals surface area contributed by atoms with Crippen LogP contribution in [-0.4, -0.2) is 32.6 Å². The Labute approximate surface area is 163 Å². The van der Waals surface area contributed by atoms with Crippen LogP contribution in [0, 0.1) is 0 Å². The quantitative estimate of drug-likeness (QED) is 0.608. The van der Waals surface area contributed by atoms with Gasteiger partial charge in [-0.25, -0.2) is 17.9 Å². The molecule has 144 valence electrons. The molecule has 0 saturated heterocycles. The van der Waals surface area contributed by atoms with Crippen molar-refractivity contribution in [1.82, 2.24) is 4.72 Å². The van der Waals surface area contributed by atoms with Crippen LogP contribution in [-0.2, 0) is 14.8 Å². The summed E-state index contributed by atoms with van der Waals surface area (Å²) in [6.07, 6.45) is 3.41. The molecule has 0 atom stereocenters. The Balaban J connectivity index is 1.67. The monoisotopic (exact) mass is 397 g/mol. The molecule has 0 saturated carbocycles. The molecule has 0 radical (unpaired) electrons. The van der Waals surface area contributed by atoms with Gasteiger partial charge in [0.2, 0.25) is 10.0 Å². The highest BCUT2D eigenvalue weighted by Crippen LogP contribution is 2.22. The molecule has 0 fully saturated rings. The van der Waals surface area contributed by atoms with Gasteiger partial charge in [-0.2, -0.15) is 0 Å². The minimum atomic E-state index is -3.66. The Morgan fingerprint density at radius 1 is 1.04 bits per heavy atom. The Bertz CT molecular complexity index is 1120. The van der Waals surface area contributed by atoms with Crippen LogP contribution in [0.15, 0.2) is 77.7 Å². The molecular formula is C21H19NO5S. The average molecular weight is 397 g/mol. The first-order valence-electron chi connectivity index (χ1n) is 8.54. The first-order valence-corrected chi connectivity index (χ1v) is 10.0. The number of fused-ring (bicyclic) bond motifs is 1. The van der Waals surface area contributed by atoms with Crippen molar-refractivity contribution in [1.29, 1.82) is 0 Å². The number of nitrogens with one attached hydrogen (secondary N) is 1. The Morgan fingerprint density at radius 3 is 2.61 bits per heavy atom. The number of carbonyl (C=O) groups is 1. The maximum Gasteiger partial charge on any atom is 0.341 e. The SMILES string of the molecule is O=C(O)COc1cccc(/C=C/CNS(=O)(=O)c2cccc3ccccc23)c1. The first-order chi connectivity index (χ1) is 13.5. The van der Waals surface area contributed by atoms with E-state index >= 15 is 0 Å². The van der Waals surface area contributed by atoms with Gasteiger partial charge in [-0.3, -0.25) is 0 Å². The summed E-state index contributed by atoms with van der Waals surface area (Å²) in [7, 11) is -3.66. The molecule has 0 aliphatic carbocycles. The molecule has 0 spiro atoms. The first kappa shape index (κ1) is 19.6. The fourth-order valence-electron chi connectivity index (χ4n) is 2.71. The highest BCUT2D eigenvalue weighted by molar-refractivity contribution is 7.89.